The summed E-state index contributed by atoms with van der Waals surface area (Å²) in [6, 6.07) is 9.12. The molecule has 0 unspecified atom stereocenters. The van der Waals surface area contributed by atoms with Gasteiger partial charge in [-0.1, -0.05) is 35.4 Å². The minimum atomic E-state index is -1.68. The molecule has 0 radical (unpaired) electrons. The van der Waals surface area contributed by atoms with Gasteiger partial charge in [-0.3, -0.25) is 0 Å². The summed E-state index contributed by atoms with van der Waals surface area (Å²) in [6.07, 6.45) is 22.2. The van der Waals surface area contributed by atoms with E-state index in [2.05, 4.69) is 86.6 Å². The Hall–Kier alpha value is -0.457. The second-order valence-electron chi connectivity index (χ2n) is 15.1. The first-order chi connectivity index (χ1) is 22.1. The number of aryl methyl sites for hydroxylation is 6. The molecule has 4 aliphatic rings. The first-order valence-electron chi connectivity index (χ1n) is 18.4. The Morgan fingerprint density at radius 2 is 0.870 bits per heavy atom. The fraction of sp³-hybridized carbons (Fsp3) is 0.650. The Morgan fingerprint density at radius 3 is 1.15 bits per heavy atom. The van der Waals surface area contributed by atoms with Crippen molar-refractivity contribution < 1.29 is 13.5 Å². The second-order valence-corrected chi connectivity index (χ2v) is 25.8. The Kier molecular flexibility index (Phi) is 13.6. The number of benzene rings is 2. The van der Waals surface area contributed by atoms with E-state index in [1.165, 1.54) is 141 Å². The maximum absolute atomic E-state index is 6.60. The molecular formula is C40H61Cl2N2PRu. The molecule has 258 valence electrons. The van der Waals surface area contributed by atoms with Crippen LogP contribution in [0.3, 0.4) is 0 Å². The third kappa shape index (κ3) is 8.63. The molecule has 1 saturated heterocycles. The van der Waals surface area contributed by atoms with Gasteiger partial charge in [0.25, 0.3) is 0 Å². The third-order valence-corrected chi connectivity index (χ3v) is 23.2. The van der Waals surface area contributed by atoms with Gasteiger partial charge >= 0.3 is 158 Å². The minimum absolute atomic E-state index is 0.996. The zero-order valence-corrected chi connectivity index (χ0v) is 33.8. The molecule has 1 heterocycles. The molecule has 6 rings (SSSR count). The second kappa shape index (κ2) is 17.0. The summed E-state index contributed by atoms with van der Waals surface area (Å²) >= 11 is -1.68. The van der Waals surface area contributed by atoms with Gasteiger partial charge in [-0.15, -0.1) is 0 Å². The molecule has 6 heteroatoms. The van der Waals surface area contributed by atoms with Crippen molar-refractivity contribution in [3.05, 3.63) is 64.3 Å². The van der Waals surface area contributed by atoms with Crippen LogP contribution < -0.4 is 9.80 Å². The number of halogens is 2. The van der Waals surface area contributed by atoms with Gasteiger partial charge in [-0.25, -0.2) is 0 Å². The van der Waals surface area contributed by atoms with Crippen LogP contribution >= 0.6 is 26.6 Å². The Labute approximate surface area is 296 Å². The van der Waals surface area contributed by atoms with Gasteiger partial charge < -0.3 is 9.80 Å². The zero-order chi connectivity index (χ0) is 32.8. The third-order valence-electron chi connectivity index (χ3n) is 11.6. The molecule has 2 nitrogen and oxygen atoms in total. The Balaban J connectivity index is 0.000000181. The fourth-order valence-electron chi connectivity index (χ4n) is 9.91. The van der Waals surface area contributed by atoms with Gasteiger partial charge in [0, 0.05) is 24.5 Å². The predicted octanol–water partition coefficient (Wildman–Crippen LogP) is 12.7. The summed E-state index contributed by atoms with van der Waals surface area (Å²) in [6.45, 7) is 17.6. The first kappa shape index (κ1) is 36.8. The molecule has 3 saturated carbocycles. The SMILES string of the molecule is Cc1cc(C)c(N2[CH-]N(c3c(C)cc(C)cc3C)CC2)c(C)c1.[Cl][Ru]([Cl])=[CH][P+](C1CCCCC1)(C1CCCCC1)C1CCCCC1. The van der Waals surface area contributed by atoms with Gasteiger partial charge in [0.05, 0.1) is 0 Å². The zero-order valence-electron chi connectivity index (χ0n) is 29.7. The number of anilines is 2. The fourth-order valence-corrected chi connectivity index (χ4v) is 25.5. The van der Waals surface area contributed by atoms with Crippen molar-refractivity contribution in [2.45, 2.75) is 155 Å². The van der Waals surface area contributed by atoms with Crippen LogP contribution in [0.15, 0.2) is 24.3 Å². The van der Waals surface area contributed by atoms with Gasteiger partial charge in [0.15, 0.2) is 0 Å². The van der Waals surface area contributed by atoms with E-state index in [4.69, 9.17) is 19.4 Å². The van der Waals surface area contributed by atoms with Crippen molar-refractivity contribution in [1.29, 1.82) is 0 Å². The number of rotatable bonds is 6. The van der Waals surface area contributed by atoms with E-state index in [1.54, 1.807) is 0 Å². The van der Waals surface area contributed by atoms with Crippen LogP contribution in [0, 0.1) is 48.2 Å². The van der Waals surface area contributed by atoms with Gasteiger partial charge in [-0.05, 0) is 63.8 Å². The number of nitrogens with zero attached hydrogens (tertiary/aromatic N) is 2. The van der Waals surface area contributed by atoms with Crippen LogP contribution in [0.25, 0.3) is 0 Å². The monoisotopic (exact) mass is 772 g/mol. The summed E-state index contributed by atoms with van der Waals surface area (Å²) in [5, 5.41) is 0. The summed E-state index contributed by atoms with van der Waals surface area (Å²) in [7, 11) is 12.1. The topological polar surface area (TPSA) is 6.48 Å². The number of hydrogen-bond donors (Lipinski definition) is 0. The van der Waals surface area contributed by atoms with Crippen molar-refractivity contribution in [3.8, 4) is 0 Å². The van der Waals surface area contributed by atoms with Gasteiger partial charge in [0.2, 0.25) is 0 Å². The van der Waals surface area contributed by atoms with Crippen LogP contribution in [0.2, 0.25) is 0 Å². The summed E-state index contributed by atoms with van der Waals surface area (Å²) in [5.41, 5.74) is 13.8. The molecule has 0 bridgehead atoms. The van der Waals surface area contributed by atoms with Gasteiger partial charge in [0.1, 0.15) is 0 Å². The molecular weight excluding hydrogens is 711 g/mol. The molecule has 2 aromatic rings. The summed E-state index contributed by atoms with van der Waals surface area (Å²) in [5.74, 6) is 0. The Bertz CT molecular complexity index is 1180. The van der Waals surface area contributed by atoms with Crippen LogP contribution in [-0.2, 0) is 13.5 Å². The molecule has 0 spiro atoms. The molecule has 0 N–H and O–H groups in total. The predicted molar refractivity (Wildman–Crippen MR) is 206 cm³/mol. The van der Waals surface area contributed by atoms with Crippen molar-refractivity contribution in [2.24, 2.45) is 0 Å². The van der Waals surface area contributed by atoms with Crippen molar-refractivity contribution >= 4 is 42.4 Å². The normalized spacial score (nSPS) is 20.8. The van der Waals surface area contributed by atoms with Crippen LogP contribution in [0.5, 0.6) is 0 Å². The first-order valence-corrected chi connectivity index (χ1v) is 25.9. The summed E-state index contributed by atoms with van der Waals surface area (Å²) in [4.78, 5) is 4.81. The van der Waals surface area contributed by atoms with Crippen LogP contribution in [0.1, 0.15) is 130 Å². The van der Waals surface area contributed by atoms with Crippen molar-refractivity contribution in [3.63, 3.8) is 0 Å². The van der Waals surface area contributed by atoms with E-state index < -0.39 is 20.8 Å². The molecule has 0 aromatic heterocycles. The van der Waals surface area contributed by atoms with E-state index in [-0.39, 0.29) is 0 Å². The Morgan fingerprint density at radius 1 is 0.565 bits per heavy atom. The average molecular weight is 773 g/mol. The molecule has 0 atom stereocenters. The standard InChI is InChI=1S/C21H27N2.C19H34P.2ClH.Ru/c1-14-9-16(3)20(17(4)10-14)22-7-8-23(13-22)21-18(5)11-15(2)12-19(21)6;1-20(17-11-5-2-6-12-17,18-13-7-3-8-14-18)19-15-9-4-10-16-19;;;/h9-13H,7-8H2,1-6H3;1,17-19H,2-16H2;2*1H;/q-1;+1;;;+2/p-2. The summed E-state index contributed by atoms with van der Waals surface area (Å²) < 4.78 is 2.71. The molecule has 4 fully saturated rings. The molecule has 1 aliphatic heterocycles. The number of hydrogen-bond acceptors (Lipinski definition) is 2. The van der Waals surface area contributed by atoms with E-state index in [0.717, 1.165) is 30.1 Å². The average Bonchev–Trinajstić information content (AvgIpc) is 3.49. The van der Waals surface area contributed by atoms with Crippen LogP contribution in [-0.4, -0.2) is 34.4 Å². The maximum atomic E-state index is 6.60. The van der Waals surface area contributed by atoms with Gasteiger partial charge in [-0.2, -0.15) is 6.67 Å². The molecule has 2 aromatic carbocycles. The van der Waals surface area contributed by atoms with E-state index >= 15 is 0 Å². The van der Waals surface area contributed by atoms with E-state index in [9.17, 15) is 0 Å². The van der Waals surface area contributed by atoms with E-state index in [1.807, 2.05) is 0 Å². The molecule has 0 amide bonds. The quantitative estimate of drug-likeness (QED) is 0.164. The van der Waals surface area contributed by atoms with Crippen molar-refractivity contribution in [1.82, 2.24) is 0 Å². The molecule has 3 aliphatic carbocycles. The van der Waals surface area contributed by atoms with Crippen molar-refractivity contribution in [2.75, 3.05) is 22.9 Å². The van der Waals surface area contributed by atoms with E-state index in [0.29, 0.717) is 0 Å². The molecule has 46 heavy (non-hydrogen) atoms. The van der Waals surface area contributed by atoms with Crippen LogP contribution in [0.4, 0.5) is 11.4 Å².